The molecule has 0 saturated carbocycles. The second kappa shape index (κ2) is 9.39. The molecular formula is C20H22N2O3. The Morgan fingerprint density at radius 1 is 1.08 bits per heavy atom. The third-order valence-electron chi connectivity index (χ3n) is 3.55. The van der Waals surface area contributed by atoms with E-state index in [2.05, 4.69) is 5.32 Å². The van der Waals surface area contributed by atoms with Crippen molar-refractivity contribution in [3.05, 3.63) is 71.8 Å². The van der Waals surface area contributed by atoms with Gasteiger partial charge in [-0.25, -0.2) is 0 Å². The van der Waals surface area contributed by atoms with Gasteiger partial charge in [0.25, 0.3) is 0 Å². The average molecular weight is 338 g/mol. The van der Waals surface area contributed by atoms with Crippen molar-refractivity contribution in [2.24, 2.45) is 0 Å². The maximum Gasteiger partial charge on any atom is 0.246 e. The molecule has 0 bridgehead atoms. The molecule has 2 N–H and O–H groups in total. The van der Waals surface area contributed by atoms with Gasteiger partial charge in [-0.1, -0.05) is 42.5 Å². The fourth-order valence-corrected chi connectivity index (χ4v) is 2.35. The Bertz CT molecular complexity index is 724. The molecule has 2 aromatic carbocycles. The number of amides is 2. The van der Waals surface area contributed by atoms with E-state index in [-0.39, 0.29) is 25.0 Å². The molecule has 0 radical (unpaired) electrons. The van der Waals surface area contributed by atoms with Crippen molar-refractivity contribution in [3.8, 4) is 0 Å². The van der Waals surface area contributed by atoms with Crippen LogP contribution in [-0.4, -0.2) is 35.0 Å². The SMILES string of the molecule is CC(=O)Nc1ccc(/C=C/C(=O)N(CCO)Cc2ccccc2)cc1. The number of carbonyl (C=O) groups excluding carboxylic acids is 2. The van der Waals surface area contributed by atoms with E-state index < -0.39 is 0 Å². The van der Waals surface area contributed by atoms with Crippen LogP contribution in [0.5, 0.6) is 0 Å². The van der Waals surface area contributed by atoms with E-state index >= 15 is 0 Å². The monoisotopic (exact) mass is 338 g/mol. The molecule has 0 atom stereocenters. The third kappa shape index (κ3) is 6.24. The first-order valence-corrected chi connectivity index (χ1v) is 8.08. The first-order valence-electron chi connectivity index (χ1n) is 8.08. The maximum absolute atomic E-state index is 12.4. The Labute approximate surface area is 147 Å². The second-order valence-electron chi connectivity index (χ2n) is 5.61. The Hall–Kier alpha value is -2.92. The molecule has 2 rings (SSSR count). The summed E-state index contributed by atoms with van der Waals surface area (Å²) in [4.78, 5) is 25.0. The molecule has 130 valence electrons. The van der Waals surface area contributed by atoms with Gasteiger partial charge < -0.3 is 15.3 Å². The molecule has 5 heteroatoms. The van der Waals surface area contributed by atoms with Crippen LogP contribution < -0.4 is 5.32 Å². The van der Waals surface area contributed by atoms with Crippen LogP contribution >= 0.6 is 0 Å². The third-order valence-corrected chi connectivity index (χ3v) is 3.55. The minimum Gasteiger partial charge on any atom is -0.395 e. The lowest BCUT2D eigenvalue weighted by molar-refractivity contribution is -0.127. The van der Waals surface area contributed by atoms with Gasteiger partial charge in [0.1, 0.15) is 0 Å². The van der Waals surface area contributed by atoms with Gasteiger partial charge in [0, 0.05) is 31.8 Å². The minimum atomic E-state index is -0.163. The van der Waals surface area contributed by atoms with Crippen LogP contribution in [0.3, 0.4) is 0 Å². The van der Waals surface area contributed by atoms with E-state index in [1.54, 1.807) is 23.1 Å². The van der Waals surface area contributed by atoms with Gasteiger partial charge in [-0.05, 0) is 29.3 Å². The van der Waals surface area contributed by atoms with Crippen LogP contribution in [-0.2, 0) is 16.1 Å². The van der Waals surface area contributed by atoms with E-state index in [0.29, 0.717) is 12.2 Å². The maximum atomic E-state index is 12.4. The smallest absolute Gasteiger partial charge is 0.246 e. The molecule has 0 heterocycles. The molecule has 2 aromatic rings. The number of anilines is 1. The Morgan fingerprint density at radius 2 is 1.76 bits per heavy atom. The number of carbonyl (C=O) groups is 2. The fraction of sp³-hybridized carbons (Fsp3) is 0.200. The highest BCUT2D eigenvalue weighted by molar-refractivity contribution is 5.92. The molecule has 0 spiro atoms. The molecule has 0 saturated heterocycles. The van der Waals surface area contributed by atoms with Crippen molar-refractivity contribution in [3.63, 3.8) is 0 Å². The summed E-state index contributed by atoms with van der Waals surface area (Å²) in [7, 11) is 0. The Kier molecular flexibility index (Phi) is 6.92. The summed E-state index contributed by atoms with van der Waals surface area (Å²) in [5.41, 5.74) is 2.57. The predicted molar refractivity (Wildman–Crippen MR) is 98.7 cm³/mol. The van der Waals surface area contributed by atoms with Crippen molar-refractivity contribution in [1.29, 1.82) is 0 Å². The number of benzene rings is 2. The first kappa shape index (κ1) is 18.4. The summed E-state index contributed by atoms with van der Waals surface area (Å²) in [6.07, 6.45) is 3.21. The van der Waals surface area contributed by atoms with Crippen molar-refractivity contribution in [1.82, 2.24) is 4.90 Å². The molecule has 0 fully saturated rings. The lowest BCUT2D eigenvalue weighted by Crippen LogP contribution is -2.31. The number of aliphatic hydroxyl groups excluding tert-OH is 1. The quantitative estimate of drug-likeness (QED) is 0.763. The van der Waals surface area contributed by atoms with Gasteiger partial charge in [0.05, 0.1) is 6.61 Å². The summed E-state index contributed by atoms with van der Waals surface area (Å²) in [6.45, 7) is 2.10. The van der Waals surface area contributed by atoms with E-state index in [0.717, 1.165) is 11.1 Å². The summed E-state index contributed by atoms with van der Waals surface area (Å²) in [6, 6.07) is 16.9. The van der Waals surface area contributed by atoms with Crippen LogP contribution in [0.25, 0.3) is 6.08 Å². The van der Waals surface area contributed by atoms with Crippen molar-refractivity contribution < 1.29 is 14.7 Å². The fourth-order valence-electron chi connectivity index (χ4n) is 2.35. The zero-order valence-electron chi connectivity index (χ0n) is 14.2. The van der Waals surface area contributed by atoms with E-state index in [1.807, 2.05) is 42.5 Å². The van der Waals surface area contributed by atoms with Gasteiger partial charge in [0.15, 0.2) is 0 Å². The highest BCUT2D eigenvalue weighted by Crippen LogP contribution is 2.11. The Morgan fingerprint density at radius 3 is 2.36 bits per heavy atom. The molecule has 0 aliphatic rings. The largest absolute Gasteiger partial charge is 0.395 e. The van der Waals surface area contributed by atoms with Crippen LogP contribution in [0, 0.1) is 0 Å². The summed E-state index contributed by atoms with van der Waals surface area (Å²) in [5.74, 6) is -0.289. The number of nitrogens with zero attached hydrogens (tertiary/aromatic N) is 1. The van der Waals surface area contributed by atoms with Gasteiger partial charge in [0.2, 0.25) is 11.8 Å². The number of aliphatic hydroxyl groups is 1. The molecular weight excluding hydrogens is 316 g/mol. The molecule has 25 heavy (non-hydrogen) atoms. The predicted octanol–water partition coefficient (Wildman–Crippen LogP) is 2.68. The normalized spacial score (nSPS) is 10.6. The first-order chi connectivity index (χ1) is 12.1. The molecule has 0 unspecified atom stereocenters. The van der Waals surface area contributed by atoms with Crippen LogP contribution in [0.4, 0.5) is 5.69 Å². The number of nitrogens with one attached hydrogen (secondary N) is 1. The van der Waals surface area contributed by atoms with Crippen molar-refractivity contribution >= 4 is 23.6 Å². The molecule has 0 aliphatic carbocycles. The molecule has 5 nitrogen and oxygen atoms in total. The Balaban J connectivity index is 2.01. The zero-order chi connectivity index (χ0) is 18.1. The summed E-state index contributed by atoms with van der Waals surface area (Å²) in [5, 5.41) is 11.9. The van der Waals surface area contributed by atoms with E-state index in [4.69, 9.17) is 0 Å². The second-order valence-corrected chi connectivity index (χ2v) is 5.61. The van der Waals surface area contributed by atoms with Crippen molar-refractivity contribution in [2.45, 2.75) is 13.5 Å². The molecule has 2 amide bonds. The summed E-state index contributed by atoms with van der Waals surface area (Å²) < 4.78 is 0. The summed E-state index contributed by atoms with van der Waals surface area (Å²) >= 11 is 0. The highest BCUT2D eigenvalue weighted by atomic mass is 16.3. The number of rotatable bonds is 7. The van der Waals surface area contributed by atoms with Crippen LogP contribution in [0.15, 0.2) is 60.7 Å². The minimum absolute atomic E-state index is 0.0855. The zero-order valence-corrected chi connectivity index (χ0v) is 14.2. The van der Waals surface area contributed by atoms with Crippen molar-refractivity contribution in [2.75, 3.05) is 18.5 Å². The van der Waals surface area contributed by atoms with Gasteiger partial charge in [-0.3, -0.25) is 9.59 Å². The van der Waals surface area contributed by atoms with E-state index in [1.165, 1.54) is 13.0 Å². The average Bonchev–Trinajstić information content (AvgIpc) is 2.61. The molecule has 0 aromatic heterocycles. The number of hydrogen-bond donors (Lipinski definition) is 2. The topological polar surface area (TPSA) is 69.6 Å². The highest BCUT2D eigenvalue weighted by Gasteiger charge is 2.10. The van der Waals surface area contributed by atoms with Crippen LogP contribution in [0.1, 0.15) is 18.1 Å². The number of hydrogen-bond acceptors (Lipinski definition) is 3. The van der Waals surface area contributed by atoms with Gasteiger partial charge in [-0.15, -0.1) is 0 Å². The standard InChI is InChI=1S/C20H22N2O3/c1-16(24)21-19-10-7-17(8-11-19)9-12-20(25)22(13-14-23)15-18-5-3-2-4-6-18/h2-12,23H,13-15H2,1H3,(H,21,24)/b12-9+. The lowest BCUT2D eigenvalue weighted by Gasteiger charge is -2.20. The molecule has 0 aliphatic heterocycles. The van der Waals surface area contributed by atoms with Crippen LogP contribution in [0.2, 0.25) is 0 Å². The van der Waals surface area contributed by atoms with Gasteiger partial charge >= 0.3 is 0 Å². The van der Waals surface area contributed by atoms with E-state index in [9.17, 15) is 14.7 Å². The van der Waals surface area contributed by atoms with Gasteiger partial charge in [-0.2, -0.15) is 0 Å². The lowest BCUT2D eigenvalue weighted by atomic mass is 10.1.